The monoisotopic (exact) mass is 272 g/mol. The summed E-state index contributed by atoms with van der Waals surface area (Å²) in [7, 11) is 1.71. The first kappa shape index (κ1) is 15.0. The summed E-state index contributed by atoms with van der Waals surface area (Å²) in [6.07, 6.45) is 4.69. The van der Waals surface area contributed by atoms with Gasteiger partial charge in [0.1, 0.15) is 10.8 Å². The summed E-state index contributed by atoms with van der Waals surface area (Å²) < 4.78 is 4.99. The predicted molar refractivity (Wildman–Crippen MR) is 75.4 cm³/mol. The highest BCUT2D eigenvalue weighted by atomic mass is 35.5. The molecular weight excluding hydrogens is 252 g/mol. The third-order valence-corrected chi connectivity index (χ3v) is 2.62. The lowest BCUT2D eigenvalue weighted by Crippen LogP contribution is -2.09. The Hall–Kier alpha value is -1.07. The van der Waals surface area contributed by atoms with Crippen LogP contribution in [0.25, 0.3) is 0 Å². The quantitative estimate of drug-likeness (QED) is 0.677. The van der Waals surface area contributed by atoms with Crippen LogP contribution in [0.15, 0.2) is 6.20 Å². The van der Waals surface area contributed by atoms with Gasteiger partial charge in [0, 0.05) is 26.8 Å². The number of halogens is 1. The number of methoxy groups -OCH3 is 1. The first-order valence-corrected chi connectivity index (χ1v) is 6.65. The number of nitrogens with zero attached hydrogens (tertiary/aromatic N) is 2. The number of nitrogens with one attached hydrogen (secondary N) is 2. The molecule has 18 heavy (non-hydrogen) atoms. The molecule has 0 saturated heterocycles. The first-order valence-electron chi connectivity index (χ1n) is 6.27. The molecule has 0 aliphatic heterocycles. The Kier molecular flexibility index (Phi) is 7.44. The van der Waals surface area contributed by atoms with Gasteiger partial charge in [-0.25, -0.2) is 4.98 Å². The summed E-state index contributed by atoms with van der Waals surface area (Å²) in [6, 6.07) is 0. The molecule has 0 radical (unpaired) electrons. The van der Waals surface area contributed by atoms with E-state index in [2.05, 4.69) is 27.5 Å². The Balaban J connectivity index is 2.42. The fourth-order valence-electron chi connectivity index (χ4n) is 1.39. The molecule has 0 unspecified atom stereocenters. The molecule has 1 aromatic rings. The molecule has 0 aromatic carbocycles. The van der Waals surface area contributed by atoms with Gasteiger partial charge in [-0.2, -0.15) is 4.98 Å². The molecule has 0 bridgehead atoms. The van der Waals surface area contributed by atoms with Crippen molar-refractivity contribution in [1.29, 1.82) is 0 Å². The van der Waals surface area contributed by atoms with Crippen LogP contribution in [0.2, 0.25) is 5.02 Å². The minimum absolute atomic E-state index is 0.545. The Morgan fingerprint density at radius 1 is 1.28 bits per heavy atom. The lowest BCUT2D eigenvalue weighted by Gasteiger charge is -2.09. The zero-order valence-electron chi connectivity index (χ0n) is 11.0. The maximum atomic E-state index is 6.03. The molecule has 0 aliphatic rings. The van der Waals surface area contributed by atoms with E-state index in [1.54, 1.807) is 13.3 Å². The number of hydrogen-bond acceptors (Lipinski definition) is 5. The Morgan fingerprint density at radius 2 is 2.11 bits per heavy atom. The molecule has 6 heteroatoms. The summed E-state index contributed by atoms with van der Waals surface area (Å²) in [6.45, 7) is 4.56. The molecule has 102 valence electrons. The minimum Gasteiger partial charge on any atom is -0.385 e. The zero-order valence-corrected chi connectivity index (χ0v) is 11.8. The van der Waals surface area contributed by atoms with Crippen molar-refractivity contribution >= 4 is 23.4 Å². The lowest BCUT2D eigenvalue weighted by molar-refractivity contribution is 0.194. The lowest BCUT2D eigenvalue weighted by atomic mass is 10.3. The van der Waals surface area contributed by atoms with Gasteiger partial charge in [0.2, 0.25) is 5.95 Å². The van der Waals surface area contributed by atoms with Crippen molar-refractivity contribution in [1.82, 2.24) is 9.97 Å². The molecule has 1 rings (SSSR count). The number of aromatic nitrogens is 2. The van der Waals surface area contributed by atoms with Gasteiger partial charge in [-0.05, 0) is 19.3 Å². The first-order chi connectivity index (χ1) is 8.77. The summed E-state index contributed by atoms with van der Waals surface area (Å²) in [5, 5.41) is 6.89. The molecule has 1 heterocycles. The molecule has 2 N–H and O–H groups in total. The highest BCUT2D eigenvalue weighted by Gasteiger charge is 2.04. The molecule has 0 atom stereocenters. The van der Waals surface area contributed by atoms with E-state index < -0.39 is 0 Å². The van der Waals surface area contributed by atoms with Crippen LogP contribution in [-0.2, 0) is 4.74 Å². The van der Waals surface area contributed by atoms with Gasteiger partial charge in [0.15, 0.2) is 0 Å². The van der Waals surface area contributed by atoms with Crippen molar-refractivity contribution in [2.75, 3.05) is 37.4 Å². The second kappa shape index (κ2) is 8.94. The molecular formula is C12H21ClN4O. The van der Waals surface area contributed by atoms with Crippen LogP contribution in [-0.4, -0.2) is 36.8 Å². The number of ether oxygens (including phenoxy) is 1. The van der Waals surface area contributed by atoms with Crippen molar-refractivity contribution in [3.05, 3.63) is 11.2 Å². The summed E-state index contributed by atoms with van der Waals surface area (Å²) in [4.78, 5) is 8.45. The fourth-order valence-corrected chi connectivity index (χ4v) is 1.55. The SMILES string of the molecule is CCCNc1ncc(Cl)c(NCCCCOC)n1. The summed E-state index contributed by atoms with van der Waals surface area (Å²) >= 11 is 6.03. The Bertz CT molecular complexity index is 349. The standard InChI is InChI=1S/C12H21ClN4O/c1-3-6-15-12-16-9-10(13)11(17-12)14-7-4-5-8-18-2/h9H,3-8H2,1-2H3,(H2,14,15,16,17). The van der Waals surface area contributed by atoms with E-state index in [0.717, 1.165) is 39.0 Å². The normalized spacial score (nSPS) is 10.4. The van der Waals surface area contributed by atoms with E-state index in [9.17, 15) is 0 Å². The van der Waals surface area contributed by atoms with Crippen molar-refractivity contribution in [3.8, 4) is 0 Å². The molecule has 0 fully saturated rings. The maximum Gasteiger partial charge on any atom is 0.224 e. The number of hydrogen-bond donors (Lipinski definition) is 2. The van der Waals surface area contributed by atoms with Crippen LogP contribution >= 0.6 is 11.6 Å². The van der Waals surface area contributed by atoms with Gasteiger partial charge in [0.25, 0.3) is 0 Å². The van der Waals surface area contributed by atoms with Crippen molar-refractivity contribution in [3.63, 3.8) is 0 Å². The van der Waals surface area contributed by atoms with E-state index in [4.69, 9.17) is 16.3 Å². The highest BCUT2D eigenvalue weighted by molar-refractivity contribution is 6.32. The molecule has 1 aromatic heterocycles. The van der Waals surface area contributed by atoms with Gasteiger partial charge in [-0.3, -0.25) is 0 Å². The highest BCUT2D eigenvalue weighted by Crippen LogP contribution is 2.19. The second-order valence-electron chi connectivity index (χ2n) is 3.94. The summed E-state index contributed by atoms with van der Waals surface area (Å²) in [5.74, 6) is 1.29. The topological polar surface area (TPSA) is 59.1 Å². The van der Waals surface area contributed by atoms with Gasteiger partial charge in [-0.1, -0.05) is 18.5 Å². The van der Waals surface area contributed by atoms with Crippen molar-refractivity contribution in [2.45, 2.75) is 26.2 Å². The van der Waals surface area contributed by atoms with Gasteiger partial charge in [0.05, 0.1) is 6.20 Å². The second-order valence-corrected chi connectivity index (χ2v) is 4.35. The number of anilines is 2. The van der Waals surface area contributed by atoms with Crippen LogP contribution < -0.4 is 10.6 Å². The van der Waals surface area contributed by atoms with Crippen LogP contribution in [0.4, 0.5) is 11.8 Å². The third kappa shape index (κ3) is 5.51. The van der Waals surface area contributed by atoms with E-state index >= 15 is 0 Å². The largest absolute Gasteiger partial charge is 0.385 e. The zero-order chi connectivity index (χ0) is 13.2. The van der Waals surface area contributed by atoms with Crippen LogP contribution in [0.5, 0.6) is 0 Å². The van der Waals surface area contributed by atoms with Gasteiger partial charge in [-0.15, -0.1) is 0 Å². The molecule has 0 spiro atoms. The predicted octanol–water partition coefficient (Wildman–Crippen LogP) is 2.79. The fraction of sp³-hybridized carbons (Fsp3) is 0.667. The van der Waals surface area contributed by atoms with E-state index in [1.807, 2.05) is 0 Å². The van der Waals surface area contributed by atoms with E-state index in [-0.39, 0.29) is 0 Å². The van der Waals surface area contributed by atoms with Gasteiger partial charge < -0.3 is 15.4 Å². The Labute approximate surface area is 113 Å². The Morgan fingerprint density at radius 3 is 2.83 bits per heavy atom. The average Bonchev–Trinajstić information content (AvgIpc) is 2.39. The minimum atomic E-state index is 0.545. The molecule has 0 amide bonds. The molecule has 0 saturated carbocycles. The van der Waals surface area contributed by atoms with Crippen molar-refractivity contribution in [2.24, 2.45) is 0 Å². The van der Waals surface area contributed by atoms with Crippen molar-refractivity contribution < 1.29 is 4.74 Å². The van der Waals surface area contributed by atoms with Crippen LogP contribution in [0, 0.1) is 0 Å². The van der Waals surface area contributed by atoms with E-state index in [0.29, 0.717) is 16.8 Å². The van der Waals surface area contributed by atoms with E-state index in [1.165, 1.54) is 0 Å². The number of unbranched alkanes of at least 4 members (excludes halogenated alkanes) is 1. The average molecular weight is 273 g/mol. The van der Waals surface area contributed by atoms with Crippen LogP contribution in [0.1, 0.15) is 26.2 Å². The maximum absolute atomic E-state index is 6.03. The van der Waals surface area contributed by atoms with Crippen LogP contribution in [0.3, 0.4) is 0 Å². The summed E-state index contributed by atoms with van der Waals surface area (Å²) in [5.41, 5.74) is 0. The molecule has 5 nitrogen and oxygen atoms in total. The molecule has 0 aliphatic carbocycles. The van der Waals surface area contributed by atoms with Gasteiger partial charge >= 0.3 is 0 Å². The number of rotatable bonds is 9. The smallest absolute Gasteiger partial charge is 0.224 e. The third-order valence-electron chi connectivity index (χ3n) is 2.34.